The number of aromatic nitrogens is 4. The maximum Gasteiger partial charge on any atom is 0.312 e. The van der Waals surface area contributed by atoms with Crippen molar-refractivity contribution in [3.63, 3.8) is 0 Å². The Kier molecular flexibility index (Phi) is 6.55. The molecular formula is C14H19N7O2S. The Morgan fingerprint density at radius 1 is 1.42 bits per heavy atom. The van der Waals surface area contributed by atoms with Gasteiger partial charge in [-0.25, -0.2) is 19.4 Å². The number of rotatable bonds is 8. The van der Waals surface area contributed by atoms with Crippen molar-refractivity contribution in [1.82, 2.24) is 30.4 Å². The van der Waals surface area contributed by atoms with Crippen molar-refractivity contribution in [3.8, 4) is 5.82 Å². The number of pyridine rings is 1. The fourth-order valence-electron chi connectivity index (χ4n) is 1.97. The zero-order valence-corrected chi connectivity index (χ0v) is 14.0. The molecule has 128 valence electrons. The molecule has 0 aromatic carbocycles. The Morgan fingerprint density at radius 3 is 2.83 bits per heavy atom. The van der Waals surface area contributed by atoms with Gasteiger partial charge in [0.2, 0.25) is 5.91 Å². The Bertz CT molecular complexity index is 660. The minimum absolute atomic E-state index is 0.275. The molecule has 2 aromatic heterocycles. The van der Waals surface area contributed by atoms with Crippen LogP contribution in [-0.2, 0) is 11.3 Å². The fraction of sp³-hybridized carbons (Fsp3) is 0.357. The quantitative estimate of drug-likeness (QED) is 0.619. The van der Waals surface area contributed by atoms with Crippen molar-refractivity contribution in [1.29, 1.82) is 0 Å². The van der Waals surface area contributed by atoms with E-state index in [1.807, 2.05) is 12.3 Å². The van der Waals surface area contributed by atoms with Gasteiger partial charge in [-0.2, -0.15) is 16.9 Å². The molecule has 0 bridgehead atoms. The number of thioether (sulfide) groups is 1. The smallest absolute Gasteiger partial charge is 0.312 e. The highest BCUT2D eigenvalue weighted by atomic mass is 32.2. The van der Waals surface area contributed by atoms with Crippen LogP contribution in [0, 0.1) is 0 Å². The number of hydrogen-bond donors (Lipinski definition) is 3. The van der Waals surface area contributed by atoms with Gasteiger partial charge in [0.15, 0.2) is 5.82 Å². The standard InChI is InChI=1S/C14H19N7O2S/c1-24-5-4-11(20-14(15)23)13(22)18-7-10-2-3-12(17-6-10)21-9-16-8-19-21/h2-3,6,8-9,11H,4-5,7H2,1H3,(H,18,22)(H3,15,20,23). The van der Waals surface area contributed by atoms with Gasteiger partial charge in [-0.15, -0.1) is 0 Å². The van der Waals surface area contributed by atoms with Crippen LogP contribution in [0.3, 0.4) is 0 Å². The topological polar surface area (TPSA) is 128 Å². The van der Waals surface area contributed by atoms with Crippen molar-refractivity contribution in [2.45, 2.75) is 19.0 Å². The van der Waals surface area contributed by atoms with E-state index < -0.39 is 12.1 Å². The van der Waals surface area contributed by atoms with Gasteiger partial charge in [0, 0.05) is 12.7 Å². The maximum absolute atomic E-state index is 12.2. The largest absolute Gasteiger partial charge is 0.352 e. The lowest BCUT2D eigenvalue weighted by atomic mass is 10.2. The van der Waals surface area contributed by atoms with Gasteiger partial charge < -0.3 is 16.4 Å². The lowest BCUT2D eigenvalue weighted by Crippen LogP contribution is -2.48. The van der Waals surface area contributed by atoms with Gasteiger partial charge in [-0.05, 0) is 30.1 Å². The van der Waals surface area contributed by atoms with E-state index in [4.69, 9.17) is 5.73 Å². The lowest BCUT2D eigenvalue weighted by Gasteiger charge is -2.16. The van der Waals surface area contributed by atoms with Crippen molar-refractivity contribution < 1.29 is 9.59 Å². The van der Waals surface area contributed by atoms with Crippen molar-refractivity contribution in [3.05, 3.63) is 36.5 Å². The molecule has 0 radical (unpaired) electrons. The van der Waals surface area contributed by atoms with Crippen LogP contribution in [0.2, 0.25) is 0 Å². The highest BCUT2D eigenvalue weighted by Gasteiger charge is 2.18. The highest BCUT2D eigenvalue weighted by molar-refractivity contribution is 7.98. The minimum Gasteiger partial charge on any atom is -0.352 e. The summed E-state index contributed by atoms with van der Waals surface area (Å²) in [4.78, 5) is 31.3. The maximum atomic E-state index is 12.2. The molecule has 2 heterocycles. The van der Waals surface area contributed by atoms with E-state index in [0.717, 1.165) is 11.3 Å². The molecule has 1 unspecified atom stereocenters. The normalized spacial score (nSPS) is 11.7. The van der Waals surface area contributed by atoms with Gasteiger partial charge in [-0.3, -0.25) is 4.79 Å². The third-order valence-corrected chi connectivity index (χ3v) is 3.82. The molecular weight excluding hydrogens is 330 g/mol. The second kappa shape index (κ2) is 8.87. The monoisotopic (exact) mass is 349 g/mol. The number of urea groups is 1. The molecule has 0 saturated carbocycles. The summed E-state index contributed by atoms with van der Waals surface area (Å²) in [6.45, 7) is 0.305. The summed E-state index contributed by atoms with van der Waals surface area (Å²) in [7, 11) is 0. The lowest BCUT2D eigenvalue weighted by molar-refractivity contribution is -0.123. The van der Waals surface area contributed by atoms with Crippen LogP contribution in [0.25, 0.3) is 5.82 Å². The molecule has 24 heavy (non-hydrogen) atoms. The molecule has 0 spiro atoms. The van der Waals surface area contributed by atoms with Gasteiger partial charge in [0.25, 0.3) is 0 Å². The van der Waals surface area contributed by atoms with E-state index in [2.05, 4.69) is 25.7 Å². The van der Waals surface area contributed by atoms with Crippen LogP contribution in [0.4, 0.5) is 4.79 Å². The van der Waals surface area contributed by atoms with Crippen LogP contribution in [-0.4, -0.2) is 49.7 Å². The molecule has 0 saturated heterocycles. The minimum atomic E-state index is -0.713. The van der Waals surface area contributed by atoms with Crippen molar-refractivity contribution in [2.24, 2.45) is 5.73 Å². The van der Waals surface area contributed by atoms with Crippen molar-refractivity contribution in [2.75, 3.05) is 12.0 Å². The summed E-state index contributed by atoms with van der Waals surface area (Å²) in [6, 6.07) is 2.26. The predicted molar refractivity (Wildman–Crippen MR) is 90.5 cm³/mol. The third kappa shape index (κ3) is 5.23. The number of carbonyl (C=O) groups is 2. The molecule has 2 rings (SSSR count). The number of carbonyl (C=O) groups excluding carboxylic acids is 2. The first-order valence-electron chi connectivity index (χ1n) is 7.22. The van der Waals surface area contributed by atoms with E-state index in [0.29, 0.717) is 18.8 Å². The highest BCUT2D eigenvalue weighted by Crippen LogP contribution is 2.05. The third-order valence-electron chi connectivity index (χ3n) is 3.17. The van der Waals surface area contributed by atoms with Gasteiger partial charge >= 0.3 is 6.03 Å². The van der Waals surface area contributed by atoms with E-state index in [-0.39, 0.29) is 5.91 Å². The zero-order valence-electron chi connectivity index (χ0n) is 13.2. The summed E-state index contributed by atoms with van der Waals surface area (Å²) in [5, 5.41) is 9.22. The van der Waals surface area contributed by atoms with E-state index >= 15 is 0 Å². The zero-order chi connectivity index (χ0) is 17.4. The van der Waals surface area contributed by atoms with Crippen molar-refractivity contribution >= 4 is 23.7 Å². The van der Waals surface area contributed by atoms with E-state index in [1.165, 1.54) is 11.0 Å². The summed E-state index contributed by atoms with van der Waals surface area (Å²) < 4.78 is 1.54. The second-order valence-electron chi connectivity index (χ2n) is 4.93. The van der Waals surface area contributed by atoms with Crippen LogP contribution >= 0.6 is 11.8 Å². The first kappa shape index (κ1) is 17.7. The van der Waals surface area contributed by atoms with Gasteiger partial charge in [0.1, 0.15) is 18.7 Å². The fourth-order valence-corrected chi connectivity index (χ4v) is 2.44. The average molecular weight is 349 g/mol. The first-order valence-corrected chi connectivity index (χ1v) is 8.62. The SMILES string of the molecule is CSCCC(NC(N)=O)C(=O)NCc1ccc(-n2cncn2)nc1. The molecule has 1 atom stereocenters. The number of nitrogens with zero attached hydrogens (tertiary/aromatic N) is 4. The summed E-state index contributed by atoms with van der Waals surface area (Å²) in [6.07, 6.45) is 7.07. The van der Waals surface area contributed by atoms with Gasteiger partial charge in [0.05, 0.1) is 0 Å². The average Bonchev–Trinajstić information content (AvgIpc) is 3.11. The van der Waals surface area contributed by atoms with Crippen LogP contribution < -0.4 is 16.4 Å². The summed E-state index contributed by atoms with van der Waals surface area (Å²) >= 11 is 1.59. The Labute approximate surface area is 143 Å². The van der Waals surface area contributed by atoms with Gasteiger partial charge in [-0.1, -0.05) is 6.07 Å². The number of hydrogen-bond acceptors (Lipinski definition) is 6. The number of primary amides is 1. The van der Waals surface area contributed by atoms with E-state index in [9.17, 15) is 9.59 Å². The molecule has 0 aliphatic heterocycles. The molecule has 9 nitrogen and oxygen atoms in total. The molecule has 10 heteroatoms. The molecule has 0 fully saturated rings. The molecule has 0 aliphatic carbocycles. The van der Waals surface area contributed by atoms with Crippen LogP contribution in [0.1, 0.15) is 12.0 Å². The Balaban J connectivity index is 1.90. The molecule has 4 N–H and O–H groups in total. The first-order chi connectivity index (χ1) is 11.6. The summed E-state index contributed by atoms with van der Waals surface area (Å²) in [5.41, 5.74) is 5.94. The molecule has 2 aromatic rings. The number of nitrogens with two attached hydrogens (primary N) is 1. The van der Waals surface area contributed by atoms with Crippen LogP contribution in [0.5, 0.6) is 0 Å². The number of nitrogens with one attached hydrogen (secondary N) is 2. The Hall–Kier alpha value is -2.62. The van der Waals surface area contributed by atoms with E-state index in [1.54, 1.807) is 30.4 Å². The molecule has 3 amide bonds. The number of amides is 3. The van der Waals surface area contributed by atoms with Crippen LogP contribution in [0.15, 0.2) is 31.0 Å². The Morgan fingerprint density at radius 2 is 2.25 bits per heavy atom. The molecule has 0 aliphatic rings. The summed E-state index contributed by atoms with van der Waals surface area (Å²) in [5.74, 6) is 1.10. The predicted octanol–water partition coefficient (Wildman–Crippen LogP) is 0.0685. The second-order valence-corrected chi connectivity index (χ2v) is 5.91.